The molecule has 2 fully saturated rings. The van der Waals surface area contributed by atoms with Crippen molar-refractivity contribution in [2.24, 2.45) is 5.92 Å². The Balaban J connectivity index is 1.87. The van der Waals surface area contributed by atoms with E-state index in [-0.39, 0.29) is 0 Å². The number of hydrogen-bond donors (Lipinski definition) is 1. The van der Waals surface area contributed by atoms with E-state index < -0.39 is 0 Å². The van der Waals surface area contributed by atoms with Gasteiger partial charge in [0.2, 0.25) is 0 Å². The van der Waals surface area contributed by atoms with E-state index in [1.165, 1.54) is 12.0 Å². The van der Waals surface area contributed by atoms with E-state index in [1.54, 1.807) is 7.11 Å². The summed E-state index contributed by atoms with van der Waals surface area (Å²) in [7, 11) is 1.60. The van der Waals surface area contributed by atoms with Crippen LogP contribution in [0.15, 0.2) is 30.3 Å². The standard InChI is InChI=1S/C17H17NO2/c1-20-16-5-2-11-6-12(3-4-14(11)15(16)9-19)17-7-13(17)8-18-10-17/h2-6,9,13,18H,7-8,10H2,1H3. The highest BCUT2D eigenvalue weighted by atomic mass is 16.5. The van der Waals surface area contributed by atoms with Gasteiger partial charge >= 0.3 is 0 Å². The van der Waals surface area contributed by atoms with Gasteiger partial charge in [-0.2, -0.15) is 0 Å². The fourth-order valence-corrected chi connectivity index (χ4v) is 3.73. The number of carbonyl (C=O) groups is 1. The molecule has 102 valence electrons. The number of nitrogens with one attached hydrogen (secondary N) is 1. The van der Waals surface area contributed by atoms with E-state index in [4.69, 9.17) is 4.74 Å². The maximum absolute atomic E-state index is 11.3. The number of ether oxygens (including phenoxy) is 1. The summed E-state index contributed by atoms with van der Waals surface area (Å²) in [6, 6.07) is 10.4. The topological polar surface area (TPSA) is 38.3 Å². The lowest BCUT2D eigenvalue weighted by molar-refractivity contribution is 0.112. The smallest absolute Gasteiger partial charge is 0.154 e. The van der Waals surface area contributed by atoms with E-state index in [0.717, 1.165) is 36.1 Å². The average Bonchev–Trinajstić information content (AvgIpc) is 3.07. The molecule has 1 N–H and O–H groups in total. The van der Waals surface area contributed by atoms with Crippen LogP contribution in [-0.2, 0) is 5.41 Å². The molecule has 1 aliphatic heterocycles. The van der Waals surface area contributed by atoms with Gasteiger partial charge < -0.3 is 10.1 Å². The fourth-order valence-electron chi connectivity index (χ4n) is 3.73. The summed E-state index contributed by atoms with van der Waals surface area (Å²) >= 11 is 0. The van der Waals surface area contributed by atoms with Crippen molar-refractivity contribution in [1.29, 1.82) is 0 Å². The SMILES string of the molecule is COc1ccc2cc(C34CNCC3C4)ccc2c1C=O. The van der Waals surface area contributed by atoms with Gasteiger partial charge in [0.25, 0.3) is 0 Å². The lowest BCUT2D eigenvalue weighted by atomic mass is 9.92. The van der Waals surface area contributed by atoms with Gasteiger partial charge in [-0.05, 0) is 41.3 Å². The first kappa shape index (κ1) is 11.9. The van der Waals surface area contributed by atoms with Crippen LogP contribution in [-0.4, -0.2) is 26.5 Å². The molecule has 0 aromatic heterocycles. The summed E-state index contributed by atoms with van der Waals surface area (Å²) in [5.41, 5.74) is 2.41. The summed E-state index contributed by atoms with van der Waals surface area (Å²) in [6.45, 7) is 2.22. The number of rotatable bonds is 3. The van der Waals surface area contributed by atoms with E-state index in [1.807, 2.05) is 12.1 Å². The first-order valence-electron chi connectivity index (χ1n) is 7.05. The molecule has 20 heavy (non-hydrogen) atoms. The fraction of sp³-hybridized carbons (Fsp3) is 0.353. The van der Waals surface area contributed by atoms with E-state index in [0.29, 0.717) is 16.7 Å². The minimum Gasteiger partial charge on any atom is -0.496 e. The van der Waals surface area contributed by atoms with Crippen LogP contribution in [0.1, 0.15) is 22.3 Å². The Morgan fingerprint density at radius 2 is 2.25 bits per heavy atom. The van der Waals surface area contributed by atoms with Crippen LogP contribution in [0.25, 0.3) is 10.8 Å². The van der Waals surface area contributed by atoms with E-state index in [2.05, 4.69) is 23.5 Å². The van der Waals surface area contributed by atoms with Gasteiger partial charge in [-0.1, -0.05) is 24.3 Å². The molecule has 2 aromatic carbocycles. The van der Waals surface area contributed by atoms with Crippen LogP contribution in [0.2, 0.25) is 0 Å². The molecular weight excluding hydrogens is 250 g/mol. The number of carbonyl (C=O) groups excluding carboxylic acids is 1. The Morgan fingerprint density at radius 3 is 2.90 bits per heavy atom. The van der Waals surface area contributed by atoms with Gasteiger partial charge in [0.1, 0.15) is 5.75 Å². The number of fused-ring (bicyclic) bond motifs is 2. The molecule has 2 aromatic rings. The largest absolute Gasteiger partial charge is 0.496 e. The first-order valence-corrected chi connectivity index (χ1v) is 7.05. The summed E-state index contributed by atoms with van der Waals surface area (Å²) in [5, 5.41) is 5.57. The van der Waals surface area contributed by atoms with Crippen molar-refractivity contribution >= 4 is 17.1 Å². The second-order valence-corrected chi connectivity index (χ2v) is 5.92. The van der Waals surface area contributed by atoms with Gasteiger partial charge in [0, 0.05) is 12.0 Å². The van der Waals surface area contributed by atoms with Crippen LogP contribution in [0.5, 0.6) is 5.75 Å². The number of hydrogen-bond acceptors (Lipinski definition) is 3. The zero-order valence-corrected chi connectivity index (χ0v) is 11.5. The zero-order chi connectivity index (χ0) is 13.7. The summed E-state index contributed by atoms with van der Waals surface area (Å²) in [5.74, 6) is 1.44. The zero-order valence-electron chi connectivity index (χ0n) is 11.5. The van der Waals surface area contributed by atoms with Crippen LogP contribution in [0, 0.1) is 5.92 Å². The average molecular weight is 267 g/mol. The molecule has 3 nitrogen and oxygen atoms in total. The summed E-state index contributed by atoms with van der Waals surface area (Å²) in [4.78, 5) is 11.3. The summed E-state index contributed by atoms with van der Waals surface area (Å²) in [6.07, 6.45) is 2.18. The van der Waals surface area contributed by atoms with Gasteiger partial charge in [-0.3, -0.25) is 4.79 Å². The molecule has 2 atom stereocenters. The Morgan fingerprint density at radius 1 is 1.35 bits per heavy atom. The molecule has 2 unspecified atom stereocenters. The van der Waals surface area contributed by atoms with Gasteiger partial charge in [-0.15, -0.1) is 0 Å². The Kier molecular flexibility index (Phi) is 2.42. The maximum atomic E-state index is 11.3. The number of benzene rings is 2. The monoisotopic (exact) mass is 267 g/mol. The highest BCUT2D eigenvalue weighted by molar-refractivity contribution is 6.01. The first-order chi connectivity index (χ1) is 9.78. The third kappa shape index (κ3) is 1.47. The predicted octanol–water partition coefficient (Wildman–Crippen LogP) is 2.52. The quantitative estimate of drug-likeness (QED) is 0.868. The molecule has 1 aliphatic carbocycles. The van der Waals surface area contributed by atoms with Crippen molar-refractivity contribution in [3.8, 4) is 5.75 Å². The minimum atomic E-state index is 0.357. The van der Waals surface area contributed by atoms with Crippen molar-refractivity contribution in [1.82, 2.24) is 5.32 Å². The molecular formula is C17H17NO2. The molecule has 1 saturated heterocycles. The second-order valence-electron chi connectivity index (χ2n) is 5.92. The Hall–Kier alpha value is -1.87. The number of methoxy groups -OCH3 is 1. The molecule has 1 saturated carbocycles. The van der Waals surface area contributed by atoms with E-state index >= 15 is 0 Å². The molecule has 0 radical (unpaired) electrons. The lowest BCUT2D eigenvalue weighted by Gasteiger charge is -2.14. The predicted molar refractivity (Wildman–Crippen MR) is 78.5 cm³/mol. The highest BCUT2D eigenvalue weighted by Gasteiger charge is 2.57. The number of aldehydes is 1. The van der Waals surface area contributed by atoms with Crippen molar-refractivity contribution in [2.75, 3.05) is 20.2 Å². The molecule has 0 amide bonds. The van der Waals surface area contributed by atoms with Crippen molar-refractivity contribution in [2.45, 2.75) is 11.8 Å². The normalized spacial score (nSPS) is 27.4. The third-order valence-electron chi connectivity index (χ3n) is 5.00. The molecule has 4 rings (SSSR count). The second kappa shape index (κ2) is 4.06. The molecule has 1 heterocycles. The maximum Gasteiger partial charge on any atom is 0.154 e. The van der Waals surface area contributed by atoms with Crippen LogP contribution in [0.3, 0.4) is 0 Å². The Labute approximate surface area is 117 Å². The number of piperidine rings is 1. The van der Waals surface area contributed by atoms with Gasteiger partial charge in [0.15, 0.2) is 6.29 Å². The molecule has 0 spiro atoms. The van der Waals surface area contributed by atoms with Crippen molar-refractivity contribution in [3.05, 3.63) is 41.5 Å². The van der Waals surface area contributed by atoms with E-state index in [9.17, 15) is 4.79 Å². The van der Waals surface area contributed by atoms with Crippen LogP contribution < -0.4 is 10.1 Å². The lowest BCUT2D eigenvalue weighted by Crippen LogP contribution is -2.19. The molecule has 0 bridgehead atoms. The van der Waals surface area contributed by atoms with Crippen molar-refractivity contribution < 1.29 is 9.53 Å². The molecule has 2 aliphatic rings. The van der Waals surface area contributed by atoms with Gasteiger partial charge in [0.05, 0.1) is 12.7 Å². The minimum absolute atomic E-state index is 0.357. The Bertz CT molecular complexity index is 709. The highest BCUT2D eigenvalue weighted by Crippen LogP contribution is 2.56. The van der Waals surface area contributed by atoms with Gasteiger partial charge in [-0.25, -0.2) is 0 Å². The van der Waals surface area contributed by atoms with Crippen molar-refractivity contribution in [3.63, 3.8) is 0 Å². The van der Waals surface area contributed by atoms with Crippen LogP contribution >= 0.6 is 0 Å². The van der Waals surface area contributed by atoms with Crippen LogP contribution in [0.4, 0.5) is 0 Å². The third-order valence-corrected chi connectivity index (χ3v) is 5.00. The summed E-state index contributed by atoms with van der Waals surface area (Å²) < 4.78 is 5.26. The molecule has 3 heteroatoms.